The van der Waals surface area contributed by atoms with Crippen molar-refractivity contribution in [1.82, 2.24) is 0 Å². The predicted molar refractivity (Wildman–Crippen MR) is 128 cm³/mol. The maximum atomic E-state index is 6.01. The Bertz CT molecular complexity index is 796. The van der Waals surface area contributed by atoms with E-state index in [-0.39, 0.29) is 0 Å². The van der Waals surface area contributed by atoms with Gasteiger partial charge in [-0.15, -0.1) is 0 Å². The van der Waals surface area contributed by atoms with Gasteiger partial charge >= 0.3 is 0 Å². The highest BCUT2D eigenvalue weighted by atomic mass is 35.5. The van der Waals surface area contributed by atoms with Crippen molar-refractivity contribution >= 4 is 23.2 Å². The molecule has 0 saturated heterocycles. The van der Waals surface area contributed by atoms with E-state index in [0.29, 0.717) is 12.7 Å². The van der Waals surface area contributed by atoms with Crippen LogP contribution < -0.4 is 0 Å². The maximum absolute atomic E-state index is 6.01. The van der Waals surface area contributed by atoms with Gasteiger partial charge in [0.05, 0.1) is 12.7 Å². The summed E-state index contributed by atoms with van der Waals surface area (Å²) in [6.45, 7) is 0.654. The molecule has 2 aliphatic rings. The summed E-state index contributed by atoms with van der Waals surface area (Å²) in [5, 5.41) is 0.789. The second kappa shape index (κ2) is 10.8. The fraction of sp³-hybridized carbons (Fsp3) is 0.481. The fourth-order valence-corrected chi connectivity index (χ4v) is 5.67. The van der Waals surface area contributed by atoms with Gasteiger partial charge in [-0.3, -0.25) is 0 Å². The molecule has 2 fully saturated rings. The summed E-state index contributed by atoms with van der Waals surface area (Å²) >= 11 is 11.6. The van der Waals surface area contributed by atoms with Crippen LogP contribution >= 0.6 is 23.2 Å². The van der Waals surface area contributed by atoms with Gasteiger partial charge in [0.15, 0.2) is 0 Å². The molecule has 4 rings (SSSR count). The molecule has 0 N–H and O–H groups in total. The van der Waals surface area contributed by atoms with Crippen LogP contribution in [0.4, 0.5) is 0 Å². The molecule has 3 heteroatoms. The Morgan fingerprint density at radius 1 is 0.733 bits per heavy atom. The van der Waals surface area contributed by atoms with Crippen molar-refractivity contribution < 1.29 is 4.74 Å². The number of halogens is 2. The van der Waals surface area contributed by atoms with Gasteiger partial charge in [0.2, 0.25) is 0 Å². The van der Waals surface area contributed by atoms with Crippen LogP contribution in [-0.2, 0) is 4.74 Å². The van der Waals surface area contributed by atoms with Crippen LogP contribution in [-0.4, -0.2) is 12.7 Å². The Balaban J connectivity index is 1.25. The van der Waals surface area contributed by atoms with Gasteiger partial charge in [-0.25, -0.2) is 0 Å². The molecule has 0 bridgehead atoms. The van der Waals surface area contributed by atoms with Crippen LogP contribution in [0.3, 0.4) is 0 Å². The van der Waals surface area contributed by atoms with E-state index in [9.17, 15) is 0 Å². The molecule has 2 aromatic rings. The zero-order chi connectivity index (χ0) is 20.8. The van der Waals surface area contributed by atoms with Gasteiger partial charge < -0.3 is 4.74 Å². The minimum atomic E-state index is 0.435. The molecule has 30 heavy (non-hydrogen) atoms. The maximum Gasteiger partial charge on any atom is 0.0662 e. The van der Waals surface area contributed by atoms with Crippen molar-refractivity contribution in [2.45, 2.75) is 63.4 Å². The van der Waals surface area contributed by atoms with E-state index in [1.165, 1.54) is 68.1 Å². The van der Waals surface area contributed by atoms with Crippen molar-refractivity contribution in [2.24, 2.45) is 11.8 Å². The zero-order valence-corrected chi connectivity index (χ0v) is 19.1. The Morgan fingerprint density at radius 2 is 1.27 bits per heavy atom. The summed E-state index contributed by atoms with van der Waals surface area (Å²) in [4.78, 5) is 0. The summed E-state index contributed by atoms with van der Waals surface area (Å²) in [5.41, 5.74) is 5.56. The number of hydrogen-bond donors (Lipinski definition) is 0. The van der Waals surface area contributed by atoms with Gasteiger partial charge in [-0.2, -0.15) is 0 Å². The van der Waals surface area contributed by atoms with E-state index in [0.717, 1.165) is 22.8 Å². The minimum absolute atomic E-state index is 0.435. The molecule has 0 spiro atoms. The van der Waals surface area contributed by atoms with E-state index in [1.54, 1.807) is 5.54 Å². The molecule has 160 valence electrons. The lowest BCUT2D eigenvalue weighted by Gasteiger charge is -2.38. The van der Waals surface area contributed by atoms with Gasteiger partial charge in [0.25, 0.3) is 0 Å². The Kier molecular flexibility index (Phi) is 7.93. The Hall–Kier alpha value is -1.28. The second-order valence-electron chi connectivity index (χ2n) is 8.97. The molecule has 0 amide bonds. The normalized spacial score (nSPS) is 27.4. The van der Waals surface area contributed by atoms with Gasteiger partial charge in [0.1, 0.15) is 0 Å². The molecule has 0 heterocycles. The zero-order valence-electron chi connectivity index (χ0n) is 17.6. The fourth-order valence-electron chi connectivity index (χ4n) is 5.47. The quantitative estimate of drug-likeness (QED) is 0.434. The molecule has 0 radical (unpaired) electrons. The summed E-state index contributed by atoms with van der Waals surface area (Å²) < 4.78 is 5.90. The van der Waals surface area contributed by atoms with Crippen LogP contribution in [0.2, 0.25) is 5.02 Å². The number of hydrogen-bond acceptors (Lipinski definition) is 1. The van der Waals surface area contributed by atoms with E-state index >= 15 is 0 Å². The van der Waals surface area contributed by atoms with Crippen LogP contribution in [0, 0.1) is 11.8 Å². The smallest absolute Gasteiger partial charge is 0.0662 e. The molecule has 0 aliphatic heterocycles. The Labute approximate surface area is 191 Å². The first-order valence-corrected chi connectivity index (χ1v) is 12.3. The van der Waals surface area contributed by atoms with Crippen molar-refractivity contribution in [3.05, 3.63) is 70.7 Å². The van der Waals surface area contributed by atoms with Crippen molar-refractivity contribution in [3.63, 3.8) is 0 Å². The number of benzene rings is 2. The third kappa shape index (κ3) is 5.69. The molecular weight excluding hydrogens is 411 g/mol. The number of ether oxygens (including phenoxy) is 1. The standard InChI is InChI=1S/C27H32Cl2O/c28-18-1-19-30-27-16-12-25(13-17-27)23-8-4-21(5-9-23)20-2-6-22(7-3-20)24-10-14-26(29)15-11-24/h1-3,6-7,10-11,14-15,18,21,23,25,27H,4-5,8-9,12-13,16-17,19H2/b18-1+/t21?,23?,25-,27-. The molecule has 0 unspecified atom stereocenters. The van der Waals surface area contributed by atoms with Crippen molar-refractivity contribution in [1.29, 1.82) is 0 Å². The third-order valence-corrected chi connectivity index (χ3v) is 7.66. The van der Waals surface area contributed by atoms with E-state index < -0.39 is 0 Å². The van der Waals surface area contributed by atoms with E-state index in [1.807, 2.05) is 18.2 Å². The van der Waals surface area contributed by atoms with Crippen LogP contribution in [0.15, 0.2) is 60.1 Å². The summed E-state index contributed by atoms with van der Waals surface area (Å²) in [6, 6.07) is 17.3. The van der Waals surface area contributed by atoms with Gasteiger partial charge in [-0.05, 0) is 104 Å². The lowest BCUT2D eigenvalue weighted by atomic mass is 9.69. The van der Waals surface area contributed by atoms with Crippen LogP contribution in [0.25, 0.3) is 11.1 Å². The molecule has 1 nitrogen and oxygen atoms in total. The molecule has 0 aromatic heterocycles. The SMILES string of the molecule is Cl/C=C/CO[C@H]1CC[C@H](C2CCC(c3ccc(-c4ccc(Cl)cc4)cc3)CC2)CC1. The summed E-state index contributed by atoms with van der Waals surface area (Å²) in [6.07, 6.45) is 12.9. The van der Waals surface area contributed by atoms with Crippen molar-refractivity contribution in [3.8, 4) is 11.1 Å². The lowest BCUT2D eigenvalue weighted by molar-refractivity contribution is 0.0223. The first-order valence-electron chi connectivity index (χ1n) is 11.5. The third-order valence-electron chi connectivity index (χ3n) is 7.23. The lowest BCUT2D eigenvalue weighted by Crippen LogP contribution is -2.28. The summed E-state index contributed by atoms with van der Waals surface area (Å²) in [5.74, 6) is 2.54. The topological polar surface area (TPSA) is 9.23 Å². The summed E-state index contributed by atoms with van der Waals surface area (Å²) in [7, 11) is 0. The predicted octanol–water partition coefficient (Wildman–Crippen LogP) is 8.61. The van der Waals surface area contributed by atoms with Crippen LogP contribution in [0.5, 0.6) is 0 Å². The molecule has 2 saturated carbocycles. The average Bonchev–Trinajstić information content (AvgIpc) is 2.81. The first kappa shape index (κ1) is 21.9. The van der Waals surface area contributed by atoms with Crippen molar-refractivity contribution in [2.75, 3.05) is 6.61 Å². The van der Waals surface area contributed by atoms with Gasteiger partial charge in [0, 0.05) is 10.6 Å². The minimum Gasteiger partial charge on any atom is -0.374 e. The first-order chi connectivity index (χ1) is 14.7. The van der Waals surface area contributed by atoms with Crippen LogP contribution in [0.1, 0.15) is 62.8 Å². The molecule has 2 aromatic carbocycles. The highest BCUT2D eigenvalue weighted by molar-refractivity contribution is 6.30. The highest BCUT2D eigenvalue weighted by Gasteiger charge is 2.31. The van der Waals surface area contributed by atoms with Gasteiger partial charge in [-0.1, -0.05) is 59.6 Å². The average molecular weight is 443 g/mol. The highest BCUT2D eigenvalue weighted by Crippen LogP contribution is 2.43. The Morgan fingerprint density at radius 3 is 1.83 bits per heavy atom. The molecular formula is C27H32Cl2O. The van der Waals surface area contributed by atoms with E-state index in [2.05, 4.69) is 36.4 Å². The molecule has 2 aliphatic carbocycles. The number of rotatable bonds is 6. The second-order valence-corrected chi connectivity index (χ2v) is 9.66. The van der Waals surface area contributed by atoms with E-state index in [4.69, 9.17) is 27.9 Å². The molecule has 0 atom stereocenters. The monoisotopic (exact) mass is 442 g/mol. The largest absolute Gasteiger partial charge is 0.374 e.